The summed E-state index contributed by atoms with van der Waals surface area (Å²) in [6.07, 6.45) is 5.51. The van der Waals surface area contributed by atoms with Crippen molar-refractivity contribution < 1.29 is 17.9 Å². The molecule has 0 saturated heterocycles. The lowest BCUT2D eigenvalue weighted by Gasteiger charge is -2.18. The number of aromatic nitrogens is 4. The van der Waals surface area contributed by atoms with Crippen LogP contribution in [-0.2, 0) is 16.6 Å². The standard InChI is InChI=1S/C20H26N6O4S2/c1-29-13-6-7-15(30-2)16(10-13)31-20-23-17-18(21)22-11-26(19(17)24-20)9-8-14(12-4-5-12)25-32(3,27)28/h6-7,10-12,14,25H,4-5,8-9,21H2,1-3H3. The zero-order valence-corrected chi connectivity index (χ0v) is 19.7. The second-order valence-electron chi connectivity index (χ2n) is 7.74. The van der Waals surface area contributed by atoms with Gasteiger partial charge in [0.05, 0.1) is 31.7 Å². The highest BCUT2D eigenvalue weighted by atomic mass is 32.2. The van der Waals surface area contributed by atoms with E-state index in [1.165, 1.54) is 18.0 Å². The molecule has 1 unspecified atom stereocenters. The second-order valence-corrected chi connectivity index (χ2v) is 10.5. The van der Waals surface area contributed by atoms with Crippen LogP contribution in [0.1, 0.15) is 19.3 Å². The van der Waals surface area contributed by atoms with Crippen LogP contribution in [0, 0.1) is 5.92 Å². The van der Waals surface area contributed by atoms with E-state index >= 15 is 0 Å². The number of imidazole rings is 1. The van der Waals surface area contributed by atoms with E-state index in [9.17, 15) is 8.42 Å². The van der Waals surface area contributed by atoms with Crippen molar-refractivity contribution in [1.82, 2.24) is 24.2 Å². The number of anilines is 1. The molecule has 1 saturated carbocycles. The number of benzene rings is 1. The van der Waals surface area contributed by atoms with Gasteiger partial charge in [-0.15, -0.1) is 0 Å². The molecule has 0 spiro atoms. The van der Waals surface area contributed by atoms with Crippen molar-refractivity contribution in [2.45, 2.75) is 41.9 Å². The summed E-state index contributed by atoms with van der Waals surface area (Å²) in [5.74, 6) is 2.66. The Balaban J connectivity index is 1.58. The maximum absolute atomic E-state index is 11.7. The van der Waals surface area contributed by atoms with Gasteiger partial charge < -0.3 is 19.8 Å². The van der Waals surface area contributed by atoms with Gasteiger partial charge in [0.1, 0.15) is 11.5 Å². The van der Waals surface area contributed by atoms with Crippen LogP contribution in [0.3, 0.4) is 0 Å². The normalized spacial score (nSPS) is 15.1. The minimum atomic E-state index is -3.27. The van der Waals surface area contributed by atoms with Crippen molar-refractivity contribution in [1.29, 1.82) is 0 Å². The molecule has 3 N–H and O–H groups in total. The van der Waals surface area contributed by atoms with Crippen LogP contribution in [0.4, 0.5) is 5.82 Å². The van der Waals surface area contributed by atoms with Gasteiger partial charge in [-0.2, -0.15) is 0 Å². The number of aryl methyl sites for hydroxylation is 1. The summed E-state index contributed by atoms with van der Waals surface area (Å²) in [4.78, 5) is 14.3. The van der Waals surface area contributed by atoms with Gasteiger partial charge in [-0.1, -0.05) is 0 Å². The largest absolute Gasteiger partial charge is 0.497 e. The average Bonchev–Trinajstić information content (AvgIpc) is 3.51. The van der Waals surface area contributed by atoms with Gasteiger partial charge in [0.15, 0.2) is 22.5 Å². The van der Waals surface area contributed by atoms with E-state index in [0.717, 1.165) is 17.7 Å². The van der Waals surface area contributed by atoms with Crippen LogP contribution >= 0.6 is 11.8 Å². The van der Waals surface area contributed by atoms with E-state index in [4.69, 9.17) is 15.2 Å². The Kier molecular flexibility index (Phi) is 6.45. The molecule has 0 radical (unpaired) electrons. The molecule has 1 aromatic carbocycles. The van der Waals surface area contributed by atoms with Crippen LogP contribution in [-0.4, -0.2) is 54.5 Å². The van der Waals surface area contributed by atoms with Crippen LogP contribution in [0.15, 0.2) is 34.6 Å². The fraction of sp³-hybridized carbons (Fsp3) is 0.450. The summed E-state index contributed by atoms with van der Waals surface area (Å²) in [6.45, 7) is 0.540. The van der Waals surface area contributed by atoms with Gasteiger partial charge in [-0.25, -0.2) is 28.1 Å². The first kappa shape index (κ1) is 22.6. The van der Waals surface area contributed by atoms with Gasteiger partial charge in [0.25, 0.3) is 0 Å². The number of nitrogens with zero attached hydrogens (tertiary/aromatic N) is 4. The Morgan fingerprint density at radius 2 is 2.06 bits per heavy atom. The van der Waals surface area contributed by atoms with Crippen LogP contribution in [0.2, 0.25) is 0 Å². The molecule has 1 fully saturated rings. The Labute approximate surface area is 191 Å². The quantitative estimate of drug-likeness (QED) is 0.450. The summed E-state index contributed by atoms with van der Waals surface area (Å²) in [6, 6.07) is 5.40. The fourth-order valence-corrected chi connectivity index (χ4v) is 5.30. The molecule has 32 heavy (non-hydrogen) atoms. The minimum Gasteiger partial charge on any atom is -0.497 e. The smallest absolute Gasteiger partial charge is 0.208 e. The van der Waals surface area contributed by atoms with E-state index in [0.29, 0.717) is 52.9 Å². The topological polar surface area (TPSA) is 134 Å². The van der Waals surface area contributed by atoms with E-state index in [2.05, 4.69) is 19.7 Å². The molecule has 4 rings (SSSR count). The van der Waals surface area contributed by atoms with E-state index in [1.807, 2.05) is 22.8 Å². The molecule has 2 aliphatic heterocycles. The number of ether oxygens (including phenoxy) is 2. The number of hydrogen-bond donors (Lipinski definition) is 2. The lowest BCUT2D eigenvalue weighted by molar-refractivity contribution is 0.394. The molecule has 3 aliphatic rings. The van der Waals surface area contributed by atoms with Gasteiger partial charge in [-0.05, 0) is 55.1 Å². The van der Waals surface area contributed by atoms with Crippen LogP contribution in [0.5, 0.6) is 11.5 Å². The predicted molar refractivity (Wildman–Crippen MR) is 122 cm³/mol. The van der Waals surface area contributed by atoms with Crippen LogP contribution < -0.4 is 19.9 Å². The van der Waals surface area contributed by atoms with Crippen LogP contribution in [0.25, 0.3) is 11.5 Å². The number of rotatable bonds is 10. The lowest BCUT2D eigenvalue weighted by Crippen LogP contribution is -2.36. The molecule has 0 bridgehead atoms. The van der Waals surface area contributed by atoms with Gasteiger partial charge >= 0.3 is 0 Å². The van der Waals surface area contributed by atoms with Gasteiger partial charge in [-0.3, -0.25) is 0 Å². The van der Waals surface area contributed by atoms with Crippen molar-refractivity contribution in [2.75, 3.05) is 26.2 Å². The number of nitrogen functional groups attached to an aromatic ring is 1. The molecule has 1 aromatic rings. The highest BCUT2D eigenvalue weighted by Crippen LogP contribution is 2.39. The second kappa shape index (κ2) is 9.12. The average molecular weight is 479 g/mol. The van der Waals surface area contributed by atoms with Crippen molar-refractivity contribution in [3.8, 4) is 23.0 Å². The zero-order valence-electron chi connectivity index (χ0n) is 18.1. The highest BCUT2D eigenvalue weighted by molar-refractivity contribution is 7.99. The minimum absolute atomic E-state index is 0.108. The Bertz CT molecular complexity index is 1180. The molecule has 1 atom stereocenters. The van der Waals surface area contributed by atoms with Gasteiger partial charge in [0.2, 0.25) is 10.0 Å². The van der Waals surface area contributed by atoms with Crippen molar-refractivity contribution >= 4 is 27.6 Å². The third kappa shape index (κ3) is 5.25. The summed E-state index contributed by atoms with van der Waals surface area (Å²) in [5, 5.41) is 0.507. The summed E-state index contributed by atoms with van der Waals surface area (Å²) in [7, 11) is -0.0675. The van der Waals surface area contributed by atoms with Crippen molar-refractivity contribution in [3.63, 3.8) is 0 Å². The number of fused-ring (bicyclic) bond motifs is 1. The van der Waals surface area contributed by atoms with E-state index < -0.39 is 10.0 Å². The molecule has 12 heteroatoms. The molecular weight excluding hydrogens is 452 g/mol. The number of nitrogens with one attached hydrogen (secondary N) is 1. The molecule has 10 nitrogen and oxygen atoms in total. The molecule has 1 aliphatic carbocycles. The maximum atomic E-state index is 11.7. The summed E-state index contributed by atoms with van der Waals surface area (Å²) < 4.78 is 38.8. The third-order valence-electron chi connectivity index (χ3n) is 5.28. The predicted octanol–water partition coefficient (Wildman–Crippen LogP) is 2.25. The number of sulfonamides is 1. The van der Waals surface area contributed by atoms with E-state index in [-0.39, 0.29) is 6.04 Å². The molecule has 0 aromatic heterocycles. The first-order valence-electron chi connectivity index (χ1n) is 10.1. The lowest BCUT2D eigenvalue weighted by atomic mass is 10.1. The molecule has 0 amide bonds. The third-order valence-corrected chi connectivity index (χ3v) is 6.92. The monoisotopic (exact) mass is 478 g/mol. The number of methoxy groups -OCH3 is 2. The van der Waals surface area contributed by atoms with Gasteiger partial charge in [0, 0.05) is 12.6 Å². The Morgan fingerprint density at radius 3 is 2.72 bits per heavy atom. The maximum Gasteiger partial charge on any atom is 0.208 e. The summed E-state index contributed by atoms with van der Waals surface area (Å²) in [5.41, 5.74) is 6.57. The first-order chi connectivity index (χ1) is 15.3. The van der Waals surface area contributed by atoms with Crippen molar-refractivity contribution in [2.24, 2.45) is 5.92 Å². The highest BCUT2D eigenvalue weighted by Gasteiger charge is 2.33. The molecule has 2 heterocycles. The fourth-order valence-electron chi connectivity index (χ4n) is 3.55. The zero-order chi connectivity index (χ0) is 22.9. The van der Waals surface area contributed by atoms with E-state index in [1.54, 1.807) is 20.5 Å². The SMILES string of the molecule is COc1ccc(OC)c(Sc2nc3c(N)ncn(CCC(NS(C)(=O)=O)C4CC4)c-3n2)c1. The number of nitrogens with two attached hydrogens (primary N) is 1. The first-order valence-corrected chi connectivity index (χ1v) is 12.8. The molecule has 172 valence electrons. The number of hydrogen-bond acceptors (Lipinski definition) is 9. The van der Waals surface area contributed by atoms with Crippen molar-refractivity contribution in [3.05, 3.63) is 24.5 Å². The Hall–Kier alpha value is -2.57. The summed E-state index contributed by atoms with van der Waals surface area (Å²) >= 11 is 1.34. The molecular formula is C20H26N6O4S2. The Morgan fingerprint density at radius 1 is 1.28 bits per heavy atom.